The first-order chi connectivity index (χ1) is 9.02. The highest BCUT2D eigenvalue weighted by Gasteiger charge is 2.35. The second-order valence-electron chi connectivity index (χ2n) is 4.22. The molecule has 0 saturated heterocycles. The molecule has 0 aliphatic carbocycles. The fraction of sp³-hybridized carbons (Fsp3) is 0.154. The summed E-state index contributed by atoms with van der Waals surface area (Å²) in [5.41, 5.74) is 5.63. The fourth-order valence-electron chi connectivity index (χ4n) is 1.66. The highest BCUT2D eigenvalue weighted by atomic mass is 79.9. The molecular formula is C13H13BrN4O. The first kappa shape index (κ1) is 13.5. The number of benzene rings is 1. The Bertz CT molecular complexity index is 590. The number of primary amides is 1. The van der Waals surface area contributed by atoms with Crippen molar-refractivity contribution in [1.29, 1.82) is 0 Å². The molecule has 1 unspecified atom stereocenters. The van der Waals surface area contributed by atoms with Crippen LogP contribution >= 0.6 is 15.9 Å². The molecule has 1 aromatic heterocycles. The largest absolute Gasteiger partial charge is 0.367 e. The van der Waals surface area contributed by atoms with Gasteiger partial charge in [0.1, 0.15) is 0 Å². The Balaban J connectivity index is 2.39. The zero-order valence-electron chi connectivity index (χ0n) is 10.3. The molecular weight excluding hydrogens is 308 g/mol. The minimum atomic E-state index is -1.12. The molecule has 6 heteroatoms. The van der Waals surface area contributed by atoms with Crippen molar-refractivity contribution >= 4 is 27.5 Å². The third kappa shape index (κ3) is 2.90. The molecule has 1 aromatic carbocycles. The van der Waals surface area contributed by atoms with Crippen molar-refractivity contribution in [1.82, 2.24) is 9.97 Å². The van der Waals surface area contributed by atoms with E-state index in [0.717, 1.165) is 10.2 Å². The molecule has 0 aliphatic rings. The Kier molecular flexibility index (Phi) is 3.80. The van der Waals surface area contributed by atoms with E-state index >= 15 is 0 Å². The molecule has 0 saturated carbocycles. The van der Waals surface area contributed by atoms with Crippen LogP contribution < -0.4 is 11.1 Å². The van der Waals surface area contributed by atoms with E-state index in [0.29, 0.717) is 5.69 Å². The van der Waals surface area contributed by atoms with Crippen LogP contribution in [0.25, 0.3) is 0 Å². The van der Waals surface area contributed by atoms with Crippen LogP contribution in [0.15, 0.2) is 47.3 Å². The standard InChI is InChI=1S/C13H13BrN4O/c1-13(12(15)19,11-8-16-5-6-17-11)18-10-4-2-3-9(14)7-10/h2-8,18H,1H3,(H2,15,19). The summed E-state index contributed by atoms with van der Waals surface area (Å²) in [4.78, 5) is 19.9. The maximum atomic E-state index is 11.8. The summed E-state index contributed by atoms with van der Waals surface area (Å²) in [5.74, 6) is -0.520. The molecule has 5 nitrogen and oxygen atoms in total. The smallest absolute Gasteiger partial charge is 0.249 e. The quantitative estimate of drug-likeness (QED) is 0.903. The Labute approximate surface area is 119 Å². The van der Waals surface area contributed by atoms with Gasteiger partial charge in [0.15, 0.2) is 5.54 Å². The summed E-state index contributed by atoms with van der Waals surface area (Å²) in [6.45, 7) is 1.68. The van der Waals surface area contributed by atoms with E-state index in [1.807, 2.05) is 24.3 Å². The Morgan fingerprint density at radius 2 is 2.21 bits per heavy atom. The molecule has 1 atom stereocenters. The molecule has 2 rings (SSSR count). The topological polar surface area (TPSA) is 80.9 Å². The van der Waals surface area contributed by atoms with Crippen LogP contribution in [0, 0.1) is 0 Å². The first-order valence-electron chi connectivity index (χ1n) is 5.62. The maximum absolute atomic E-state index is 11.8. The lowest BCUT2D eigenvalue weighted by atomic mass is 9.96. The van der Waals surface area contributed by atoms with Crippen molar-refractivity contribution in [2.45, 2.75) is 12.5 Å². The molecule has 3 N–H and O–H groups in total. The minimum Gasteiger partial charge on any atom is -0.367 e. The van der Waals surface area contributed by atoms with Crippen molar-refractivity contribution in [3.63, 3.8) is 0 Å². The first-order valence-corrected chi connectivity index (χ1v) is 6.42. The van der Waals surface area contributed by atoms with Crippen LogP contribution in [0.5, 0.6) is 0 Å². The van der Waals surface area contributed by atoms with E-state index in [9.17, 15) is 4.79 Å². The van der Waals surface area contributed by atoms with Crippen molar-refractivity contribution in [3.8, 4) is 0 Å². The summed E-state index contributed by atoms with van der Waals surface area (Å²) < 4.78 is 0.906. The van der Waals surface area contributed by atoms with Gasteiger partial charge in [0.2, 0.25) is 5.91 Å². The number of anilines is 1. The molecule has 1 heterocycles. The van der Waals surface area contributed by atoms with Crippen LogP contribution in [-0.2, 0) is 10.3 Å². The lowest BCUT2D eigenvalue weighted by Crippen LogP contribution is -2.45. The number of amides is 1. The van der Waals surface area contributed by atoms with E-state index < -0.39 is 11.4 Å². The van der Waals surface area contributed by atoms with Crippen molar-refractivity contribution in [2.75, 3.05) is 5.32 Å². The number of carbonyl (C=O) groups excluding carboxylic acids is 1. The zero-order valence-corrected chi connectivity index (χ0v) is 11.9. The van der Waals surface area contributed by atoms with E-state index in [4.69, 9.17) is 5.73 Å². The molecule has 0 spiro atoms. The number of hydrogen-bond acceptors (Lipinski definition) is 4. The fourth-order valence-corrected chi connectivity index (χ4v) is 2.06. The van der Waals surface area contributed by atoms with Gasteiger partial charge in [-0.3, -0.25) is 14.8 Å². The van der Waals surface area contributed by atoms with Crippen LogP contribution in [-0.4, -0.2) is 15.9 Å². The third-order valence-electron chi connectivity index (χ3n) is 2.79. The number of nitrogens with zero attached hydrogens (tertiary/aromatic N) is 2. The summed E-state index contributed by atoms with van der Waals surface area (Å²) >= 11 is 3.38. The molecule has 0 aliphatic heterocycles. The predicted molar refractivity (Wildman–Crippen MR) is 76.3 cm³/mol. The molecule has 2 aromatic rings. The van der Waals surface area contributed by atoms with Gasteiger partial charge < -0.3 is 11.1 Å². The molecule has 1 amide bonds. The molecule has 0 bridgehead atoms. The van der Waals surface area contributed by atoms with Gasteiger partial charge in [-0.2, -0.15) is 0 Å². The third-order valence-corrected chi connectivity index (χ3v) is 3.28. The van der Waals surface area contributed by atoms with Gasteiger partial charge >= 0.3 is 0 Å². The van der Waals surface area contributed by atoms with Gasteiger partial charge in [-0.1, -0.05) is 22.0 Å². The summed E-state index contributed by atoms with van der Waals surface area (Å²) in [7, 11) is 0. The molecule has 0 radical (unpaired) electrons. The molecule has 98 valence electrons. The van der Waals surface area contributed by atoms with Crippen LogP contribution in [0.3, 0.4) is 0 Å². The number of nitrogens with one attached hydrogen (secondary N) is 1. The Hall–Kier alpha value is -1.95. The van der Waals surface area contributed by atoms with Crippen LogP contribution in [0.4, 0.5) is 5.69 Å². The van der Waals surface area contributed by atoms with Gasteiger partial charge in [0, 0.05) is 22.6 Å². The van der Waals surface area contributed by atoms with E-state index in [1.165, 1.54) is 12.4 Å². The van der Waals surface area contributed by atoms with Crippen molar-refractivity contribution in [2.24, 2.45) is 5.73 Å². The highest BCUT2D eigenvalue weighted by Crippen LogP contribution is 2.25. The van der Waals surface area contributed by atoms with Crippen molar-refractivity contribution in [3.05, 3.63) is 53.0 Å². The van der Waals surface area contributed by atoms with Crippen molar-refractivity contribution < 1.29 is 4.79 Å². The average molecular weight is 321 g/mol. The number of rotatable bonds is 4. The zero-order chi connectivity index (χ0) is 13.9. The molecule has 19 heavy (non-hydrogen) atoms. The number of hydrogen-bond donors (Lipinski definition) is 2. The number of halogens is 1. The maximum Gasteiger partial charge on any atom is 0.249 e. The van der Waals surface area contributed by atoms with Gasteiger partial charge in [0.25, 0.3) is 0 Å². The van der Waals surface area contributed by atoms with Gasteiger partial charge in [-0.15, -0.1) is 0 Å². The lowest BCUT2D eigenvalue weighted by molar-refractivity contribution is -0.122. The average Bonchev–Trinajstić information content (AvgIpc) is 2.39. The SMILES string of the molecule is CC(Nc1cccc(Br)c1)(C(N)=O)c1cnccn1. The van der Waals surface area contributed by atoms with Gasteiger partial charge in [-0.05, 0) is 25.1 Å². The summed E-state index contributed by atoms with van der Waals surface area (Å²) in [6, 6.07) is 7.47. The summed E-state index contributed by atoms with van der Waals surface area (Å²) in [6.07, 6.45) is 4.60. The minimum absolute atomic E-state index is 0.475. The number of carbonyl (C=O) groups is 1. The number of nitrogens with two attached hydrogens (primary N) is 1. The second-order valence-corrected chi connectivity index (χ2v) is 5.13. The van der Waals surface area contributed by atoms with E-state index in [2.05, 4.69) is 31.2 Å². The van der Waals surface area contributed by atoms with Crippen LogP contribution in [0.1, 0.15) is 12.6 Å². The lowest BCUT2D eigenvalue weighted by Gasteiger charge is -2.27. The molecule has 0 fully saturated rings. The van der Waals surface area contributed by atoms with Gasteiger partial charge in [0.05, 0.1) is 11.9 Å². The predicted octanol–water partition coefficient (Wildman–Crippen LogP) is 2.05. The van der Waals surface area contributed by atoms with E-state index in [1.54, 1.807) is 13.1 Å². The number of aromatic nitrogens is 2. The highest BCUT2D eigenvalue weighted by molar-refractivity contribution is 9.10. The van der Waals surface area contributed by atoms with Gasteiger partial charge in [-0.25, -0.2) is 0 Å². The second kappa shape index (κ2) is 5.36. The summed E-state index contributed by atoms with van der Waals surface area (Å²) in [5, 5.41) is 3.10. The normalized spacial score (nSPS) is 13.6. The monoisotopic (exact) mass is 320 g/mol. The Morgan fingerprint density at radius 3 is 2.79 bits per heavy atom. The van der Waals surface area contributed by atoms with Crippen LogP contribution in [0.2, 0.25) is 0 Å². The van der Waals surface area contributed by atoms with E-state index in [-0.39, 0.29) is 0 Å². The Morgan fingerprint density at radius 1 is 1.42 bits per heavy atom.